The van der Waals surface area contributed by atoms with Crippen LogP contribution in [0.1, 0.15) is 53.9 Å². The van der Waals surface area contributed by atoms with E-state index in [0.717, 1.165) is 64.9 Å². The van der Waals surface area contributed by atoms with Gasteiger partial charge < -0.3 is 15.4 Å². The third kappa shape index (κ3) is 12.9. The lowest BCUT2D eigenvalue weighted by Gasteiger charge is -2.30. The summed E-state index contributed by atoms with van der Waals surface area (Å²) in [6.07, 6.45) is 3.50. The molecule has 2 N–H and O–H groups in total. The third-order valence-electron chi connectivity index (χ3n) is 4.81. The van der Waals surface area contributed by atoms with Crippen molar-refractivity contribution in [3.8, 4) is 0 Å². The molecular formula is C20H44IN5O. The van der Waals surface area contributed by atoms with E-state index in [1.54, 1.807) is 0 Å². The number of ether oxygens (including phenoxy) is 1. The fraction of sp³-hybridized carbons (Fsp3) is 0.950. The van der Waals surface area contributed by atoms with Gasteiger partial charge in [0.1, 0.15) is 0 Å². The molecular weight excluding hydrogens is 453 g/mol. The largest absolute Gasteiger partial charge is 0.379 e. The van der Waals surface area contributed by atoms with Crippen molar-refractivity contribution >= 4 is 29.9 Å². The van der Waals surface area contributed by atoms with E-state index in [0.29, 0.717) is 12.1 Å². The van der Waals surface area contributed by atoms with Crippen molar-refractivity contribution in [3.05, 3.63) is 0 Å². The van der Waals surface area contributed by atoms with Crippen LogP contribution < -0.4 is 10.6 Å². The van der Waals surface area contributed by atoms with E-state index in [1.165, 1.54) is 19.4 Å². The van der Waals surface area contributed by atoms with E-state index < -0.39 is 0 Å². The summed E-state index contributed by atoms with van der Waals surface area (Å²) in [5.41, 5.74) is 0. The van der Waals surface area contributed by atoms with Gasteiger partial charge in [-0.3, -0.25) is 14.8 Å². The zero-order chi connectivity index (χ0) is 19.2. The normalized spacial score (nSPS) is 16.1. The first-order chi connectivity index (χ1) is 12.5. The molecule has 0 spiro atoms. The molecule has 6 nitrogen and oxygen atoms in total. The Kier molecular flexibility index (Phi) is 16.7. The van der Waals surface area contributed by atoms with Crippen molar-refractivity contribution in [2.24, 2.45) is 4.99 Å². The van der Waals surface area contributed by atoms with Gasteiger partial charge in [-0.25, -0.2) is 0 Å². The number of guanidine groups is 1. The Morgan fingerprint density at radius 3 is 2.30 bits per heavy atom. The van der Waals surface area contributed by atoms with Crippen molar-refractivity contribution in [2.75, 3.05) is 59.0 Å². The van der Waals surface area contributed by atoms with Crippen molar-refractivity contribution in [2.45, 2.75) is 66.0 Å². The zero-order valence-electron chi connectivity index (χ0n) is 18.3. The maximum Gasteiger partial charge on any atom is 0.191 e. The molecule has 1 aliphatic rings. The number of morpholine rings is 1. The molecule has 0 aromatic heterocycles. The number of nitrogens with one attached hydrogen (secondary N) is 2. The fourth-order valence-electron chi connectivity index (χ4n) is 3.39. The monoisotopic (exact) mass is 497 g/mol. The first kappa shape index (κ1) is 26.9. The molecule has 1 aliphatic heterocycles. The molecule has 1 fully saturated rings. The summed E-state index contributed by atoms with van der Waals surface area (Å²) in [4.78, 5) is 9.76. The lowest BCUT2D eigenvalue weighted by atomic mass is 10.2. The Morgan fingerprint density at radius 2 is 1.70 bits per heavy atom. The number of unbranched alkanes of at least 4 members (excludes halogenated alkanes) is 1. The van der Waals surface area contributed by atoms with Gasteiger partial charge in [0.2, 0.25) is 0 Å². The molecule has 0 aromatic carbocycles. The molecule has 0 aromatic rings. The molecule has 0 aliphatic carbocycles. The minimum atomic E-state index is 0. The number of hydrogen-bond donors (Lipinski definition) is 2. The van der Waals surface area contributed by atoms with Crippen LogP contribution in [0.5, 0.6) is 0 Å². The van der Waals surface area contributed by atoms with Crippen molar-refractivity contribution in [3.63, 3.8) is 0 Å². The van der Waals surface area contributed by atoms with Gasteiger partial charge in [0.05, 0.1) is 13.2 Å². The third-order valence-corrected chi connectivity index (χ3v) is 4.81. The van der Waals surface area contributed by atoms with Crippen LogP contribution in [0.25, 0.3) is 0 Å². The average molecular weight is 498 g/mol. The Bertz CT molecular complexity index is 365. The predicted octanol–water partition coefficient (Wildman–Crippen LogP) is 2.78. The minimum absolute atomic E-state index is 0. The lowest BCUT2D eigenvalue weighted by Crippen LogP contribution is -2.39. The van der Waals surface area contributed by atoms with Crippen LogP contribution in [0.4, 0.5) is 0 Å². The Labute approximate surface area is 184 Å². The summed E-state index contributed by atoms with van der Waals surface area (Å²) in [5, 5.41) is 6.83. The quantitative estimate of drug-likeness (QED) is 0.188. The van der Waals surface area contributed by atoms with Gasteiger partial charge in [-0.05, 0) is 60.4 Å². The highest BCUT2D eigenvalue weighted by molar-refractivity contribution is 14.0. The van der Waals surface area contributed by atoms with Gasteiger partial charge in [0.15, 0.2) is 5.96 Å². The van der Waals surface area contributed by atoms with E-state index in [2.05, 4.69) is 55.1 Å². The van der Waals surface area contributed by atoms with Gasteiger partial charge in [-0.1, -0.05) is 0 Å². The number of hydrogen-bond acceptors (Lipinski definition) is 4. The topological polar surface area (TPSA) is 52.1 Å². The van der Waals surface area contributed by atoms with Gasteiger partial charge >= 0.3 is 0 Å². The van der Waals surface area contributed by atoms with Crippen molar-refractivity contribution < 1.29 is 4.74 Å². The van der Waals surface area contributed by atoms with Gasteiger partial charge in [-0.15, -0.1) is 24.0 Å². The molecule has 1 saturated heterocycles. The Morgan fingerprint density at radius 1 is 1.04 bits per heavy atom. The van der Waals surface area contributed by atoms with E-state index in [1.807, 2.05) is 0 Å². The highest BCUT2D eigenvalue weighted by Crippen LogP contribution is 2.05. The average Bonchev–Trinajstić information content (AvgIpc) is 2.61. The highest BCUT2D eigenvalue weighted by atomic mass is 127. The molecule has 0 atom stereocenters. The van der Waals surface area contributed by atoms with Gasteiger partial charge in [0.25, 0.3) is 0 Å². The summed E-state index contributed by atoms with van der Waals surface area (Å²) in [6.45, 7) is 20.2. The Balaban J connectivity index is 0.00000676. The lowest BCUT2D eigenvalue weighted by molar-refractivity contribution is 0.0372. The van der Waals surface area contributed by atoms with Crippen molar-refractivity contribution in [1.29, 1.82) is 0 Å². The summed E-state index contributed by atoms with van der Waals surface area (Å²) < 4.78 is 5.39. The van der Waals surface area contributed by atoms with E-state index >= 15 is 0 Å². The summed E-state index contributed by atoms with van der Waals surface area (Å²) in [5.74, 6) is 0.958. The summed E-state index contributed by atoms with van der Waals surface area (Å²) in [7, 11) is 0. The fourth-order valence-corrected chi connectivity index (χ4v) is 3.39. The second kappa shape index (κ2) is 16.8. The number of rotatable bonds is 12. The van der Waals surface area contributed by atoms with E-state index in [-0.39, 0.29) is 24.0 Å². The van der Waals surface area contributed by atoms with Crippen LogP contribution in [-0.4, -0.2) is 86.9 Å². The van der Waals surface area contributed by atoms with Gasteiger partial charge in [0, 0.05) is 51.4 Å². The molecule has 0 bridgehead atoms. The van der Waals surface area contributed by atoms with Crippen LogP contribution in [0.2, 0.25) is 0 Å². The maximum absolute atomic E-state index is 5.39. The molecule has 1 heterocycles. The smallest absolute Gasteiger partial charge is 0.191 e. The van der Waals surface area contributed by atoms with E-state index in [4.69, 9.17) is 9.73 Å². The number of aliphatic imine (C=N–C) groups is 1. The molecule has 27 heavy (non-hydrogen) atoms. The molecule has 0 saturated carbocycles. The minimum Gasteiger partial charge on any atom is -0.379 e. The Hall–Kier alpha value is -0.120. The first-order valence-electron chi connectivity index (χ1n) is 10.6. The van der Waals surface area contributed by atoms with Gasteiger partial charge in [-0.2, -0.15) is 0 Å². The molecule has 0 amide bonds. The molecule has 1 rings (SSSR count). The summed E-state index contributed by atoms with van der Waals surface area (Å²) in [6, 6.07) is 1.19. The SMILES string of the molecule is CCNC(=NCCCN(C(C)C)C(C)C)NCCCCN1CCOCC1.I. The highest BCUT2D eigenvalue weighted by Gasteiger charge is 2.12. The predicted molar refractivity (Wildman–Crippen MR) is 127 cm³/mol. The second-order valence-electron chi connectivity index (χ2n) is 7.63. The maximum atomic E-state index is 5.39. The number of halogens is 1. The van der Waals surface area contributed by atoms with Crippen LogP contribution >= 0.6 is 24.0 Å². The standard InChI is InChI=1S/C20H43N5O.HI/c1-6-21-20(23-11-9-13-25(18(2)3)19(4)5)22-10-7-8-12-24-14-16-26-17-15-24;/h18-19H,6-17H2,1-5H3,(H2,21,22,23);1H. The summed E-state index contributed by atoms with van der Waals surface area (Å²) >= 11 is 0. The zero-order valence-corrected chi connectivity index (χ0v) is 20.6. The molecule has 162 valence electrons. The number of nitrogens with zero attached hydrogens (tertiary/aromatic N) is 3. The van der Waals surface area contributed by atoms with Crippen LogP contribution in [-0.2, 0) is 4.74 Å². The molecule has 0 unspecified atom stereocenters. The van der Waals surface area contributed by atoms with Crippen molar-refractivity contribution in [1.82, 2.24) is 20.4 Å². The first-order valence-corrected chi connectivity index (χ1v) is 10.6. The molecule has 7 heteroatoms. The van der Waals surface area contributed by atoms with Crippen LogP contribution in [0.15, 0.2) is 4.99 Å². The molecule has 0 radical (unpaired) electrons. The van der Waals surface area contributed by atoms with E-state index in [9.17, 15) is 0 Å². The second-order valence-corrected chi connectivity index (χ2v) is 7.63. The van der Waals surface area contributed by atoms with Crippen LogP contribution in [0.3, 0.4) is 0 Å². The van der Waals surface area contributed by atoms with Crippen LogP contribution in [0, 0.1) is 0 Å².